The van der Waals surface area contributed by atoms with Crippen molar-refractivity contribution in [3.63, 3.8) is 0 Å². The predicted octanol–water partition coefficient (Wildman–Crippen LogP) is 4.12. The van der Waals surface area contributed by atoms with E-state index in [0.29, 0.717) is 12.8 Å². The van der Waals surface area contributed by atoms with E-state index in [4.69, 9.17) is 37.9 Å². The summed E-state index contributed by atoms with van der Waals surface area (Å²) in [6, 6.07) is -2.62. The second kappa shape index (κ2) is 48.6. The van der Waals surface area contributed by atoms with Gasteiger partial charge in [0, 0.05) is 13.3 Å². The summed E-state index contributed by atoms with van der Waals surface area (Å²) in [6.45, 7) is 1.63. The quantitative estimate of drug-likeness (QED) is 0.0301. The van der Waals surface area contributed by atoms with Gasteiger partial charge in [-0.2, -0.15) is 0 Å². The fourth-order valence-corrected chi connectivity index (χ4v) is 12.8. The number of ether oxygens (including phenoxy) is 8. The van der Waals surface area contributed by atoms with Crippen molar-refractivity contribution in [1.82, 2.24) is 10.6 Å². The van der Waals surface area contributed by atoms with Gasteiger partial charge in [0.2, 0.25) is 11.8 Å². The summed E-state index contributed by atoms with van der Waals surface area (Å²) < 4.78 is 46.8. The molecule has 0 aromatic rings. The van der Waals surface area contributed by atoms with Crippen LogP contribution >= 0.6 is 0 Å². The number of allylic oxidation sites excluding steroid dienone is 1. The standard InChI is InChI=1S/C68H126N2O23/c1-4-6-8-10-12-14-16-18-19-20-21-22-23-24-25-27-29-31-33-35-37-39-52(77)70-46(47(76)38-36-34-32-30-28-26-17-15-13-11-9-7-5-2)44-86-66-60(84)57(81)63(50(42-73)89-66)92-68-61(85)58(82)62(51(43-74)90-68)91-65-53(69-45(3)75)64(55(79)49(41-72)87-65)93-67-59(83)56(80)54(78)48(40-71)88-67/h36,38,46-51,53-68,71-74,76,78-85H,4-35,37,39-44H2,1-3H3,(H,69,75)(H,70,77)/b38-36+/t46-,47+,48+,49+,50+,51+,53+,54-,55-,56-,57+,58+,59+,60+,61+,62-,63+,64+,65-,66+,67-,68-/m0/s1. The van der Waals surface area contributed by atoms with Crippen LogP contribution in [0.3, 0.4) is 0 Å². The Morgan fingerprint density at radius 3 is 1.22 bits per heavy atom. The van der Waals surface area contributed by atoms with Gasteiger partial charge in [0.25, 0.3) is 0 Å². The number of amides is 2. The van der Waals surface area contributed by atoms with E-state index < -0.39 is 174 Å². The van der Waals surface area contributed by atoms with Crippen molar-refractivity contribution in [2.24, 2.45) is 0 Å². The fourth-order valence-electron chi connectivity index (χ4n) is 12.8. The molecule has 0 aromatic heterocycles. The highest BCUT2D eigenvalue weighted by molar-refractivity contribution is 5.76. The van der Waals surface area contributed by atoms with Gasteiger partial charge < -0.3 is 115 Å². The Morgan fingerprint density at radius 2 is 0.774 bits per heavy atom. The fraction of sp³-hybridized carbons (Fsp3) is 0.941. The number of rotatable bonds is 51. The maximum Gasteiger partial charge on any atom is 0.220 e. The van der Waals surface area contributed by atoms with Gasteiger partial charge in [0.1, 0.15) is 97.6 Å². The smallest absolute Gasteiger partial charge is 0.220 e. The molecule has 15 N–H and O–H groups in total. The molecule has 2 amide bonds. The van der Waals surface area contributed by atoms with E-state index in [0.717, 1.165) is 51.9 Å². The summed E-state index contributed by atoms with van der Waals surface area (Å²) in [5.41, 5.74) is 0. The molecular weight excluding hydrogens is 1210 g/mol. The van der Waals surface area contributed by atoms with Gasteiger partial charge in [0.15, 0.2) is 25.2 Å². The number of carbonyl (C=O) groups excluding carboxylic acids is 2. The van der Waals surface area contributed by atoms with Gasteiger partial charge in [-0.25, -0.2) is 0 Å². The minimum absolute atomic E-state index is 0.218. The Kier molecular flexibility index (Phi) is 43.5. The molecular formula is C68H126N2O23. The lowest BCUT2D eigenvalue weighted by atomic mass is 9.94. The summed E-state index contributed by atoms with van der Waals surface area (Å²) in [6.07, 6.45) is 8.53. The summed E-state index contributed by atoms with van der Waals surface area (Å²) in [7, 11) is 0. The average molecular weight is 1340 g/mol. The van der Waals surface area contributed by atoms with E-state index in [1.54, 1.807) is 6.08 Å². The lowest BCUT2D eigenvalue weighted by Crippen LogP contribution is -2.70. The molecule has 4 rings (SSSR count). The van der Waals surface area contributed by atoms with Crippen LogP contribution in [0.2, 0.25) is 0 Å². The molecule has 93 heavy (non-hydrogen) atoms. The van der Waals surface area contributed by atoms with Crippen LogP contribution in [0.4, 0.5) is 0 Å². The number of aliphatic hydroxyl groups is 13. The molecule has 4 saturated heterocycles. The van der Waals surface area contributed by atoms with Crippen LogP contribution in [0.25, 0.3) is 0 Å². The van der Waals surface area contributed by atoms with Crippen LogP contribution in [0.5, 0.6) is 0 Å². The molecule has 4 fully saturated rings. The zero-order valence-electron chi connectivity index (χ0n) is 56.3. The normalized spacial score (nSPS) is 32.4. The highest BCUT2D eigenvalue weighted by Crippen LogP contribution is 2.35. The first-order valence-electron chi connectivity index (χ1n) is 35.9. The Hall–Kier alpha value is -2.16. The van der Waals surface area contributed by atoms with Crippen LogP contribution < -0.4 is 10.6 Å². The third-order valence-electron chi connectivity index (χ3n) is 18.6. The largest absolute Gasteiger partial charge is 0.394 e. The molecule has 0 saturated carbocycles. The molecule has 25 nitrogen and oxygen atoms in total. The Bertz CT molecular complexity index is 1930. The zero-order valence-corrected chi connectivity index (χ0v) is 56.3. The first-order valence-corrected chi connectivity index (χ1v) is 35.9. The SMILES string of the molecule is CCCCCCCCCCCCC/C=C/[C@@H](O)[C@H](CO[C@@H]1O[C@H](CO)[C@@H](O[C@@H]2O[C@H](CO)[C@H](O[C@@H]3O[C@H](CO)[C@H](O)[C@H](O[C@@H]4O[C@H](CO)[C@H](O)[C@H](O)[C@H]4O)[C@H]3NC(C)=O)[C@H](O)[C@H]2O)[C@H](O)[C@H]1O)NC(=O)CCCCCCCCCCCCCCCCCCCCCCC. The summed E-state index contributed by atoms with van der Waals surface area (Å²) in [5, 5.41) is 147. The lowest BCUT2D eigenvalue weighted by molar-refractivity contribution is -0.380. The van der Waals surface area contributed by atoms with Crippen molar-refractivity contribution in [3.8, 4) is 0 Å². The molecule has 4 heterocycles. The van der Waals surface area contributed by atoms with Gasteiger partial charge in [-0.05, 0) is 19.3 Å². The van der Waals surface area contributed by atoms with E-state index in [-0.39, 0.29) is 12.3 Å². The van der Waals surface area contributed by atoms with Crippen LogP contribution in [-0.4, -0.2) is 246 Å². The van der Waals surface area contributed by atoms with Gasteiger partial charge in [-0.3, -0.25) is 9.59 Å². The van der Waals surface area contributed by atoms with Gasteiger partial charge in [-0.1, -0.05) is 219 Å². The van der Waals surface area contributed by atoms with Gasteiger partial charge in [0.05, 0.1) is 45.2 Å². The lowest BCUT2D eigenvalue weighted by Gasteiger charge is -2.50. The molecule has 546 valence electrons. The monoisotopic (exact) mass is 1340 g/mol. The van der Waals surface area contributed by atoms with Crippen molar-refractivity contribution < 1.29 is 114 Å². The summed E-state index contributed by atoms with van der Waals surface area (Å²) in [5.74, 6) is -1.06. The van der Waals surface area contributed by atoms with Crippen LogP contribution in [0.1, 0.15) is 239 Å². The highest BCUT2D eigenvalue weighted by Gasteiger charge is 2.56. The van der Waals surface area contributed by atoms with Crippen LogP contribution in [0, 0.1) is 0 Å². The van der Waals surface area contributed by atoms with Crippen molar-refractivity contribution in [1.29, 1.82) is 0 Å². The second-order valence-electron chi connectivity index (χ2n) is 26.4. The maximum absolute atomic E-state index is 13.5. The van der Waals surface area contributed by atoms with Crippen molar-refractivity contribution in [2.45, 2.75) is 374 Å². The minimum atomic E-state index is -2.10. The minimum Gasteiger partial charge on any atom is -0.394 e. The predicted molar refractivity (Wildman–Crippen MR) is 345 cm³/mol. The Balaban J connectivity index is 1.30. The zero-order chi connectivity index (χ0) is 67.9. The second-order valence-corrected chi connectivity index (χ2v) is 26.4. The third kappa shape index (κ3) is 29.7. The number of hydrogen-bond acceptors (Lipinski definition) is 23. The molecule has 0 aliphatic carbocycles. The molecule has 4 aliphatic rings. The van der Waals surface area contributed by atoms with E-state index >= 15 is 0 Å². The summed E-state index contributed by atoms with van der Waals surface area (Å²) in [4.78, 5) is 26.1. The highest BCUT2D eigenvalue weighted by atomic mass is 16.8. The summed E-state index contributed by atoms with van der Waals surface area (Å²) >= 11 is 0. The van der Waals surface area contributed by atoms with Crippen molar-refractivity contribution in [3.05, 3.63) is 12.2 Å². The number of hydrogen-bond donors (Lipinski definition) is 15. The average Bonchev–Trinajstić information content (AvgIpc) is 0.808. The Morgan fingerprint density at radius 1 is 0.419 bits per heavy atom. The van der Waals surface area contributed by atoms with Crippen molar-refractivity contribution in [2.75, 3.05) is 33.0 Å². The Labute approximate surface area is 553 Å². The maximum atomic E-state index is 13.5. The number of unbranched alkanes of at least 4 members (excludes halogenated alkanes) is 31. The molecule has 25 heteroatoms. The molecule has 0 bridgehead atoms. The molecule has 4 aliphatic heterocycles. The van der Waals surface area contributed by atoms with E-state index in [1.807, 2.05) is 6.08 Å². The first-order chi connectivity index (χ1) is 45.0. The number of aliphatic hydroxyl groups excluding tert-OH is 13. The van der Waals surface area contributed by atoms with Crippen molar-refractivity contribution >= 4 is 11.8 Å². The first kappa shape index (κ1) is 83.3. The van der Waals surface area contributed by atoms with Gasteiger partial charge in [-0.15, -0.1) is 0 Å². The van der Waals surface area contributed by atoms with E-state index in [9.17, 15) is 76.0 Å². The van der Waals surface area contributed by atoms with E-state index in [2.05, 4.69) is 24.5 Å². The van der Waals surface area contributed by atoms with E-state index in [1.165, 1.54) is 154 Å². The van der Waals surface area contributed by atoms with Gasteiger partial charge >= 0.3 is 0 Å². The third-order valence-corrected chi connectivity index (χ3v) is 18.6. The molecule has 0 spiro atoms. The van der Waals surface area contributed by atoms with Crippen LogP contribution in [0.15, 0.2) is 12.2 Å². The number of carbonyl (C=O) groups is 2. The molecule has 0 unspecified atom stereocenters. The number of nitrogens with one attached hydrogen (secondary N) is 2. The van der Waals surface area contributed by atoms with Crippen LogP contribution in [-0.2, 0) is 47.5 Å². The molecule has 0 aromatic carbocycles. The molecule has 0 radical (unpaired) electrons. The molecule has 22 atom stereocenters. The topological polar surface area (TPSA) is 395 Å².